The minimum absolute atomic E-state index is 0.325. The summed E-state index contributed by atoms with van der Waals surface area (Å²) in [5.74, 6) is 0. The molecule has 5 heteroatoms. The topological polar surface area (TPSA) is 52.6 Å². The maximum absolute atomic E-state index is 12.4. The summed E-state index contributed by atoms with van der Waals surface area (Å²) in [7, 11) is -1.38. The molecule has 0 spiro atoms. The third-order valence-electron chi connectivity index (χ3n) is 2.97. The van der Waals surface area contributed by atoms with Crippen LogP contribution in [-0.2, 0) is 13.6 Å². The molecule has 0 bridgehead atoms. The Hall–Kier alpha value is -1.74. The lowest BCUT2D eigenvalue weighted by molar-refractivity contribution is 0.102. The first-order valence-electron chi connectivity index (χ1n) is 6.03. The predicted octanol–water partition coefficient (Wildman–Crippen LogP) is 3.98. The average molecular weight is 290 g/mol. The van der Waals surface area contributed by atoms with Gasteiger partial charge in [-0.15, -0.1) is 0 Å². The maximum atomic E-state index is 12.4. The summed E-state index contributed by atoms with van der Waals surface area (Å²) in [5.41, 5.74) is 1.26. The van der Waals surface area contributed by atoms with Crippen LogP contribution in [0.5, 0.6) is 0 Å². The first-order chi connectivity index (χ1) is 9.62. The Morgan fingerprint density at radius 2 is 1.45 bits per heavy atom. The SMILES string of the molecule is COP(=O)(OC)C(=O)c1ccccc1-c1ccccc1. The molecule has 104 valence electrons. The van der Waals surface area contributed by atoms with E-state index in [-0.39, 0.29) is 0 Å². The van der Waals surface area contributed by atoms with Gasteiger partial charge in [0, 0.05) is 19.8 Å². The number of rotatable bonds is 5. The minimum Gasteiger partial charge on any atom is -0.306 e. The highest BCUT2D eigenvalue weighted by Gasteiger charge is 2.34. The standard InChI is InChI=1S/C15H15O4P/c1-18-20(17,19-2)15(16)14-11-7-6-10-13(14)12-8-4-3-5-9-12/h3-11H,1-2H3. The minimum atomic E-state index is -3.78. The van der Waals surface area contributed by atoms with Crippen molar-refractivity contribution in [3.05, 3.63) is 60.2 Å². The zero-order valence-corrected chi connectivity index (χ0v) is 12.2. The number of hydrogen-bond acceptors (Lipinski definition) is 4. The molecule has 2 rings (SSSR count). The second-order valence-electron chi connectivity index (χ2n) is 4.08. The van der Waals surface area contributed by atoms with Crippen LogP contribution in [0.2, 0.25) is 0 Å². The summed E-state index contributed by atoms with van der Waals surface area (Å²) in [6, 6.07) is 16.4. The van der Waals surface area contributed by atoms with Crippen LogP contribution >= 0.6 is 7.60 Å². The molecule has 0 unspecified atom stereocenters. The van der Waals surface area contributed by atoms with Gasteiger partial charge in [0.05, 0.1) is 0 Å². The molecule has 0 aliphatic carbocycles. The van der Waals surface area contributed by atoms with Crippen LogP contribution in [0.4, 0.5) is 0 Å². The highest BCUT2D eigenvalue weighted by molar-refractivity contribution is 7.72. The van der Waals surface area contributed by atoms with Crippen molar-refractivity contribution in [3.63, 3.8) is 0 Å². The van der Waals surface area contributed by atoms with Crippen LogP contribution < -0.4 is 0 Å². The Balaban J connectivity index is 2.54. The van der Waals surface area contributed by atoms with E-state index < -0.39 is 13.1 Å². The quantitative estimate of drug-likeness (QED) is 0.781. The van der Waals surface area contributed by atoms with Gasteiger partial charge in [0.15, 0.2) is 0 Å². The van der Waals surface area contributed by atoms with Crippen LogP contribution in [0.25, 0.3) is 11.1 Å². The number of carbonyl (C=O) groups excluding carboxylic acids is 1. The third-order valence-corrected chi connectivity index (χ3v) is 4.67. The second-order valence-corrected chi connectivity index (χ2v) is 6.21. The summed E-state index contributed by atoms with van der Waals surface area (Å²) >= 11 is 0. The summed E-state index contributed by atoms with van der Waals surface area (Å²) in [6.07, 6.45) is 0. The predicted molar refractivity (Wildman–Crippen MR) is 77.8 cm³/mol. The molecule has 2 aromatic carbocycles. The van der Waals surface area contributed by atoms with Gasteiger partial charge in [-0.3, -0.25) is 9.36 Å². The number of benzene rings is 2. The lowest BCUT2D eigenvalue weighted by atomic mass is 10.0. The molecule has 20 heavy (non-hydrogen) atoms. The van der Waals surface area contributed by atoms with Gasteiger partial charge < -0.3 is 9.05 Å². The Morgan fingerprint density at radius 3 is 2.05 bits per heavy atom. The number of hydrogen-bond donors (Lipinski definition) is 0. The normalized spacial score (nSPS) is 11.3. The molecule has 0 atom stereocenters. The van der Waals surface area contributed by atoms with E-state index in [1.165, 1.54) is 14.2 Å². The van der Waals surface area contributed by atoms with Crippen molar-refractivity contribution >= 4 is 13.1 Å². The largest absolute Gasteiger partial charge is 0.401 e. The van der Waals surface area contributed by atoms with Crippen LogP contribution in [0, 0.1) is 0 Å². The maximum Gasteiger partial charge on any atom is 0.401 e. The van der Waals surface area contributed by atoms with Crippen LogP contribution in [0.15, 0.2) is 54.6 Å². The molecule has 0 aromatic heterocycles. The third kappa shape index (κ3) is 2.73. The van der Waals surface area contributed by atoms with Crippen molar-refractivity contribution in [2.75, 3.05) is 14.2 Å². The van der Waals surface area contributed by atoms with Gasteiger partial charge in [-0.2, -0.15) is 0 Å². The molecular formula is C15H15O4P. The van der Waals surface area contributed by atoms with Gasteiger partial charge in [0.25, 0.3) is 5.52 Å². The first-order valence-corrected chi connectivity index (χ1v) is 7.57. The highest BCUT2D eigenvalue weighted by Crippen LogP contribution is 2.50. The Morgan fingerprint density at radius 1 is 0.900 bits per heavy atom. The van der Waals surface area contributed by atoms with Crippen LogP contribution in [-0.4, -0.2) is 19.7 Å². The lowest BCUT2D eigenvalue weighted by Gasteiger charge is -2.14. The average Bonchev–Trinajstić information content (AvgIpc) is 2.54. The zero-order chi connectivity index (χ0) is 14.6. The summed E-state index contributed by atoms with van der Waals surface area (Å²) in [5, 5.41) is 0. The van der Waals surface area contributed by atoms with Crippen molar-refractivity contribution in [2.45, 2.75) is 0 Å². The molecule has 4 nitrogen and oxygen atoms in total. The molecule has 0 fully saturated rings. The van der Waals surface area contributed by atoms with E-state index >= 15 is 0 Å². The zero-order valence-electron chi connectivity index (χ0n) is 11.3. The molecule has 0 amide bonds. The van der Waals surface area contributed by atoms with Crippen molar-refractivity contribution in [2.24, 2.45) is 0 Å². The molecule has 2 aromatic rings. The first kappa shape index (κ1) is 14.7. The lowest BCUT2D eigenvalue weighted by Crippen LogP contribution is -2.06. The molecule has 0 saturated heterocycles. The van der Waals surface area contributed by atoms with E-state index in [1.807, 2.05) is 36.4 Å². The molecule has 0 aliphatic heterocycles. The smallest absolute Gasteiger partial charge is 0.306 e. The van der Waals surface area contributed by atoms with Crippen molar-refractivity contribution < 1.29 is 18.4 Å². The van der Waals surface area contributed by atoms with Gasteiger partial charge in [0.1, 0.15) is 0 Å². The van der Waals surface area contributed by atoms with Crippen molar-refractivity contribution in [1.82, 2.24) is 0 Å². The van der Waals surface area contributed by atoms with E-state index in [2.05, 4.69) is 0 Å². The van der Waals surface area contributed by atoms with Gasteiger partial charge in [0.2, 0.25) is 0 Å². The summed E-state index contributed by atoms with van der Waals surface area (Å²) in [4.78, 5) is 12.4. The van der Waals surface area contributed by atoms with Crippen molar-refractivity contribution in [1.29, 1.82) is 0 Å². The van der Waals surface area contributed by atoms with Crippen LogP contribution in [0.1, 0.15) is 10.4 Å². The van der Waals surface area contributed by atoms with Gasteiger partial charge >= 0.3 is 7.60 Å². The Kier molecular flexibility index (Phi) is 4.50. The summed E-state index contributed by atoms with van der Waals surface area (Å²) in [6.45, 7) is 0. The van der Waals surface area contributed by atoms with Gasteiger partial charge in [-0.25, -0.2) is 0 Å². The molecule has 0 aliphatic rings. The van der Waals surface area contributed by atoms with E-state index in [1.54, 1.807) is 18.2 Å². The molecule has 0 heterocycles. The van der Waals surface area contributed by atoms with E-state index in [4.69, 9.17) is 9.05 Å². The highest BCUT2D eigenvalue weighted by atomic mass is 31.2. The molecule has 0 radical (unpaired) electrons. The summed E-state index contributed by atoms with van der Waals surface area (Å²) < 4.78 is 21.8. The molecular weight excluding hydrogens is 275 g/mol. The van der Waals surface area contributed by atoms with E-state index in [9.17, 15) is 9.36 Å². The molecule has 0 saturated carbocycles. The van der Waals surface area contributed by atoms with E-state index in [0.29, 0.717) is 11.1 Å². The fourth-order valence-corrected chi connectivity index (χ4v) is 2.90. The Bertz CT molecular complexity index is 644. The fourth-order valence-electron chi connectivity index (χ4n) is 1.93. The number of carbonyl (C=O) groups is 1. The van der Waals surface area contributed by atoms with Gasteiger partial charge in [-0.05, 0) is 11.1 Å². The fraction of sp³-hybridized carbons (Fsp3) is 0.133. The van der Waals surface area contributed by atoms with Crippen molar-refractivity contribution in [3.8, 4) is 11.1 Å². The van der Waals surface area contributed by atoms with E-state index in [0.717, 1.165) is 5.56 Å². The Labute approximate surface area is 117 Å². The second kappa shape index (κ2) is 6.14. The van der Waals surface area contributed by atoms with Gasteiger partial charge in [-0.1, -0.05) is 54.6 Å². The molecule has 0 N–H and O–H groups in total. The van der Waals surface area contributed by atoms with Crippen LogP contribution in [0.3, 0.4) is 0 Å². The monoisotopic (exact) mass is 290 g/mol.